The minimum absolute atomic E-state index is 0.0230. The van der Waals surface area contributed by atoms with Gasteiger partial charge in [0.2, 0.25) is 5.91 Å². The Morgan fingerprint density at radius 3 is 3.00 bits per heavy atom. The molecule has 1 saturated heterocycles. The molecule has 1 N–H and O–H groups in total. The van der Waals surface area contributed by atoms with E-state index in [2.05, 4.69) is 22.4 Å². The van der Waals surface area contributed by atoms with Crippen molar-refractivity contribution in [3.63, 3.8) is 0 Å². The highest BCUT2D eigenvalue weighted by molar-refractivity contribution is 7.09. The van der Waals surface area contributed by atoms with Gasteiger partial charge in [0.25, 0.3) is 0 Å². The van der Waals surface area contributed by atoms with E-state index in [1.165, 1.54) is 5.56 Å². The van der Waals surface area contributed by atoms with E-state index in [-0.39, 0.29) is 12.0 Å². The van der Waals surface area contributed by atoms with Crippen LogP contribution < -0.4 is 5.32 Å². The van der Waals surface area contributed by atoms with Gasteiger partial charge in [-0.2, -0.15) is 0 Å². The topological polar surface area (TPSA) is 51.2 Å². The van der Waals surface area contributed by atoms with Gasteiger partial charge >= 0.3 is 0 Å². The fourth-order valence-corrected chi connectivity index (χ4v) is 3.19. The largest absolute Gasteiger partial charge is 0.368 e. The summed E-state index contributed by atoms with van der Waals surface area (Å²) in [4.78, 5) is 16.4. The molecule has 1 aromatic heterocycles. The Morgan fingerprint density at radius 1 is 1.38 bits per heavy atom. The van der Waals surface area contributed by atoms with Crippen molar-refractivity contribution in [1.82, 2.24) is 10.3 Å². The maximum Gasteiger partial charge on any atom is 0.249 e. The van der Waals surface area contributed by atoms with Gasteiger partial charge in [0.1, 0.15) is 6.10 Å². The molecule has 1 unspecified atom stereocenters. The SMILES string of the molecule is O=C(NCc1csc(Cc2ccccc2)n1)C1CCCO1. The lowest BCUT2D eigenvalue weighted by Gasteiger charge is -2.08. The van der Waals surface area contributed by atoms with Crippen molar-refractivity contribution < 1.29 is 9.53 Å². The lowest BCUT2D eigenvalue weighted by molar-refractivity contribution is -0.130. The summed E-state index contributed by atoms with van der Waals surface area (Å²) in [6.45, 7) is 1.17. The fraction of sp³-hybridized carbons (Fsp3) is 0.375. The van der Waals surface area contributed by atoms with Crippen molar-refractivity contribution in [2.24, 2.45) is 0 Å². The first-order chi connectivity index (χ1) is 10.3. The molecule has 1 fully saturated rings. The number of benzene rings is 1. The van der Waals surface area contributed by atoms with Crippen LogP contribution in [0.2, 0.25) is 0 Å². The first kappa shape index (κ1) is 14.2. The molecule has 1 aromatic carbocycles. The van der Waals surface area contributed by atoms with E-state index < -0.39 is 0 Å². The lowest BCUT2D eigenvalue weighted by atomic mass is 10.2. The Kier molecular flexibility index (Phi) is 4.62. The predicted octanol–water partition coefficient (Wildman–Crippen LogP) is 2.53. The van der Waals surface area contributed by atoms with Crippen molar-refractivity contribution >= 4 is 17.2 Å². The summed E-state index contributed by atoms with van der Waals surface area (Å²) in [5, 5.41) is 5.98. The third-order valence-corrected chi connectivity index (χ3v) is 4.36. The van der Waals surface area contributed by atoms with Gasteiger partial charge in [-0.3, -0.25) is 4.79 Å². The zero-order valence-corrected chi connectivity index (χ0v) is 12.6. The van der Waals surface area contributed by atoms with Crippen LogP contribution in [0.3, 0.4) is 0 Å². The fourth-order valence-electron chi connectivity index (χ4n) is 2.36. The number of carbonyl (C=O) groups is 1. The average Bonchev–Trinajstić information content (AvgIpc) is 3.17. The normalized spacial score (nSPS) is 17.8. The Bertz CT molecular complexity index is 591. The minimum Gasteiger partial charge on any atom is -0.368 e. The highest BCUT2D eigenvalue weighted by Gasteiger charge is 2.23. The summed E-state index contributed by atoms with van der Waals surface area (Å²) in [5.41, 5.74) is 2.17. The molecular weight excluding hydrogens is 284 g/mol. The molecule has 2 heterocycles. The van der Waals surface area contributed by atoms with Crippen LogP contribution in [-0.4, -0.2) is 23.6 Å². The predicted molar refractivity (Wildman–Crippen MR) is 82.2 cm³/mol. The Hall–Kier alpha value is -1.72. The first-order valence-corrected chi connectivity index (χ1v) is 8.06. The van der Waals surface area contributed by atoms with Crippen molar-refractivity contribution in [2.45, 2.75) is 31.9 Å². The van der Waals surface area contributed by atoms with Gasteiger partial charge in [0, 0.05) is 18.4 Å². The molecular formula is C16H18N2O2S. The summed E-state index contributed by atoms with van der Waals surface area (Å²) in [5.74, 6) is -0.0230. The van der Waals surface area contributed by atoms with Gasteiger partial charge in [0.05, 0.1) is 17.2 Å². The molecule has 4 nitrogen and oxygen atoms in total. The van der Waals surface area contributed by atoms with Gasteiger partial charge in [-0.05, 0) is 18.4 Å². The van der Waals surface area contributed by atoms with E-state index in [0.717, 1.165) is 30.0 Å². The van der Waals surface area contributed by atoms with Crippen LogP contribution in [0.4, 0.5) is 0 Å². The Balaban J connectivity index is 1.52. The number of nitrogens with one attached hydrogen (secondary N) is 1. The Morgan fingerprint density at radius 2 is 2.24 bits per heavy atom. The molecule has 0 saturated carbocycles. The van der Waals surface area contributed by atoms with Crippen LogP contribution in [0.25, 0.3) is 0 Å². The maximum atomic E-state index is 11.9. The molecule has 1 aliphatic heterocycles. The molecule has 1 amide bonds. The van der Waals surface area contributed by atoms with E-state index in [9.17, 15) is 4.79 Å². The van der Waals surface area contributed by atoms with Crippen molar-refractivity contribution in [3.05, 3.63) is 52.0 Å². The second-order valence-corrected chi connectivity index (χ2v) is 6.06. The quantitative estimate of drug-likeness (QED) is 0.923. The van der Waals surface area contributed by atoms with Crippen LogP contribution in [-0.2, 0) is 22.5 Å². The summed E-state index contributed by atoms with van der Waals surface area (Å²) in [7, 11) is 0. The zero-order valence-electron chi connectivity index (χ0n) is 11.7. The highest BCUT2D eigenvalue weighted by atomic mass is 32.1. The standard InChI is InChI=1S/C16H18N2O2S/c19-16(14-7-4-8-20-14)17-10-13-11-21-15(18-13)9-12-5-2-1-3-6-12/h1-3,5-6,11,14H,4,7-10H2,(H,17,19). The van der Waals surface area contributed by atoms with E-state index in [4.69, 9.17) is 4.74 Å². The highest BCUT2D eigenvalue weighted by Crippen LogP contribution is 2.15. The molecule has 1 atom stereocenters. The average molecular weight is 302 g/mol. The molecule has 110 valence electrons. The van der Waals surface area contributed by atoms with Gasteiger partial charge in [0.15, 0.2) is 0 Å². The minimum atomic E-state index is -0.271. The second kappa shape index (κ2) is 6.83. The van der Waals surface area contributed by atoms with Gasteiger partial charge in [-0.25, -0.2) is 4.98 Å². The third kappa shape index (κ3) is 3.89. The van der Waals surface area contributed by atoms with E-state index in [1.807, 2.05) is 23.6 Å². The zero-order chi connectivity index (χ0) is 14.5. The molecule has 21 heavy (non-hydrogen) atoms. The second-order valence-electron chi connectivity index (χ2n) is 5.11. The van der Waals surface area contributed by atoms with Crippen molar-refractivity contribution in [3.8, 4) is 0 Å². The third-order valence-electron chi connectivity index (χ3n) is 3.46. The van der Waals surface area contributed by atoms with Gasteiger partial charge in [-0.1, -0.05) is 30.3 Å². The van der Waals surface area contributed by atoms with Gasteiger partial charge < -0.3 is 10.1 Å². The van der Waals surface area contributed by atoms with Crippen LogP contribution in [0.15, 0.2) is 35.7 Å². The molecule has 0 radical (unpaired) electrons. The number of hydrogen-bond donors (Lipinski definition) is 1. The number of nitrogens with zero attached hydrogens (tertiary/aromatic N) is 1. The molecule has 0 bridgehead atoms. The number of aromatic nitrogens is 1. The molecule has 3 rings (SSSR count). The Labute approximate surface area is 128 Å². The summed E-state index contributed by atoms with van der Waals surface area (Å²) in [6, 6.07) is 10.3. The van der Waals surface area contributed by atoms with Crippen LogP contribution >= 0.6 is 11.3 Å². The van der Waals surface area contributed by atoms with Gasteiger partial charge in [-0.15, -0.1) is 11.3 Å². The van der Waals surface area contributed by atoms with Crippen LogP contribution in [0.5, 0.6) is 0 Å². The molecule has 0 aliphatic carbocycles. The molecule has 0 spiro atoms. The van der Waals surface area contributed by atoms with E-state index in [0.29, 0.717) is 13.2 Å². The van der Waals surface area contributed by atoms with Crippen molar-refractivity contribution in [1.29, 1.82) is 0 Å². The first-order valence-electron chi connectivity index (χ1n) is 7.18. The number of thiazole rings is 1. The monoisotopic (exact) mass is 302 g/mol. The van der Waals surface area contributed by atoms with Crippen molar-refractivity contribution in [2.75, 3.05) is 6.61 Å². The number of rotatable bonds is 5. The molecule has 5 heteroatoms. The van der Waals surface area contributed by atoms with E-state index in [1.54, 1.807) is 11.3 Å². The number of carbonyl (C=O) groups excluding carboxylic acids is 1. The smallest absolute Gasteiger partial charge is 0.249 e. The summed E-state index contributed by atoms with van der Waals surface area (Å²) in [6.07, 6.45) is 2.36. The number of ether oxygens (including phenoxy) is 1. The maximum absolute atomic E-state index is 11.9. The summed E-state index contributed by atoms with van der Waals surface area (Å²) < 4.78 is 5.36. The molecule has 2 aromatic rings. The summed E-state index contributed by atoms with van der Waals surface area (Å²) >= 11 is 1.63. The number of amides is 1. The number of hydrogen-bond acceptors (Lipinski definition) is 4. The van der Waals surface area contributed by atoms with E-state index >= 15 is 0 Å². The van der Waals surface area contributed by atoms with Crippen LogP contribution in [0.1, 0.15) is 29.1 Å². The van der Waals surface area contributed by atoms with Crippen LogP contribution in [0, 0.1) is 0 Å². The molecule has 1 aliphatic rings. The lowest BCUT2D eigenvalue weighted by Crippen LogP contribution is -2.33.